The Hall–Kier alpha value is -2.19. The van der Waals surface area contributed by atoms with Crippen molar-refractivity contribution in [3.8, 4) is 0 Å². The van der Waals surface area contributed by atoms with Gasteiger partial charge in [0.15, 0.2) is 50.1 Å². The van der Waals surface area contributed by atoms with Crippen LogP contribution in [0.4, 0.5) is 0 Å². The standard InChI is InChI=1S/C74H120O37/c1-27-40(79)46(85)52(91)60(102-27)100-25-36-45(84)48(87)59(110-64-54(93)49(88)56(28(2)103-64)107-63-55(94)57(34(78)24-98-63)108-61-50(89)41(80)31(75)21-96-61)67(105-36)111-68(95)74-18-16-69(3,4)20-30(74)29-10-11-38-71(7)14-13-39(70(5,6)37(71)12-15-73(38,9)72(29,8)17-19-74)106-65-53(92)47(86)44(83)35(104-65)26-101-66-58(43(82)33(77)23-99-66)109-62-51(90)42(81)32(76)22-97-62/h10,27-28,30-67,75-94H,11-26H2,1-9H3/t27-,28-,30-,31-,32+,33-,34+,35-,36-,37-,38-,39-,40-,41-,42+,43+,44+,45-,46-,47+,48+,49+,50+,51-,52+,53-,54+,55+,56+,57-,58+,59+,60-,61+,62+,63-,64+,65-,66-,67-,71-,72+,73-,74-/m0/s1. The van der Waals surface area contributed by atoms with E-state index in [0.717, 1.165) is 18.4 Å². The number of carbonyl (C=O) groups is 1. The van der Waals surface area contributed by atoms with Crippen molar-refractivity contribution in [2.45, 2.75) is 354 Å². The molecule has 0 spiro atoms. The van der Waals surface area contributed by atoms with E-state index in [0.29, 0.717) is 51.4 Å². The minimum Gasteiger partial charge on any atom is -0.432 e. The lowest BCUT2D eigenvalue weighted by atomic mass is 9.33. The summed E-state index contributed by atoms with van der Waals surface area (Å²) in [5, 5.41) is 220. The molecule has 0 aromatic carbocycles. The van der Waals surface area contributed by atoms with Crippen molar-refractivity contribution in [1.29, 1.82) is 0 Å². The number of rotatable bonds is 18. The fourth-order valence-electron chi connectivity index (χ4n) is 21.0. The summed E-state index contributed by atoms with van der Waals surface area (Å²) in [6, 6.07) is 0. The molecule has 5 aliphatic carbocycles. The second kappa shape index (κ2) is 33.1. The van der Waals surface area contributed by atoms with Gasteiger partial charge in [-0.1, -0.05) is 60.1 Å². The predicted octanol–water partition coefficient (Wildman–Crippen LogP) is -6.13. The maximum absolute atomic E-state index is 16.0. The molecule has 0 unspecified atom stereocenters. The Morgan fingerprint density at radius 3 is 1.51 bits per heavy atom. The first-order valence-electron chi connectivity index (χ1n) is 39.2. The Balaban J connectivity index is 0.709. The van der Waals surface area contributed by atoms with E-state index in [1.807, 2.05) is 0 Å². The number of ether oxygens (including phenoxy) is 16. The van der Waals surface area contributed by atoms with Crippen LogP contribution in [0.2, 0.25) is 0 Å². The Bertz CT molecular complexity index is 3180. The van der Waals surface area contributed by atoms with Crippen molar-refractivity contribution in [2.24, 2.45) is 50.2 Å². The quantitative estimate of drug-likeness (QED) is 0.0345. The molecule has 37 heteroatoms. The zero-order chi connectivity index (χ0) is 80.6. The van der Waals surface area contributed by atoms with Gasteiger partial charge in [0.25, 0.3) is 0 Å². The van der Waals surface area contributed by atoms with Crippen LogP contribution in [-0.4, -0.2) is 375 Å². The van der Waals surface area contributed by atoms with E-state index in [1.165, 1.54) is 13.8 Å². The molecule has 12 fully saturated rings. The number of fused-ring (bicyclic) bond motifs is 7. The third-order valence-corrected chi connectivity index (χ3v) is 28.2. The van der Waals surface area contributed by atoms with Gasteiger partial charge in [0.05, 0.1) is 63.4 Å². The number of allylic oxidation sites excluding steroid dienone is 2. The summed E-state index contributed by atoms with van der Waals surface area (Å²) in [6.45, 7) is 15.4. The SMILES string of the molecule is C[C@@H]1O[C@H](OC[C@@H]2O[C@@H](OC(=O)[C@]34CCC(C)(C)C[C@H]3C3=CC[C@H]5[C@@]6(C)CC[C@H](O[C@@H]7O[C@@H](CO[C@@H]8OC[C@H](O)[C@@H](O)[C@H]8O[C@H]8OC[C@@H](O)[C@@H](O)[C@@H]8O)[C@@H](O)[C@@H](O)[C@@H]7O)C(C)(C)[C@@H]6CC[C@]5(C)[C@]3(C)CC4)[C@H](O[C@H]3O[C@@H](C)[C@@H](O[C@@H]4OC[C@@H](O)[C@H](O[C@H]5OC[C@H](O)[C@H](O)[C@H]5O)[C@H]4O)[C@H](O)[C@H]3O)[C@H](O)[C@H]2O)[C@H](O)[C@@H](O)[C@H]1O. The third kappa shape index (κ3) is 15.8. The van der Waals surface area contributed by atoms with Crippen LogP contribution in [-0.2, 0) is 80.6 Å². The molecule has 8 aliphatic heterocycles. The van der Waals surface area contributed by atoms with Gasteiger partial charge in [0.2, 0.25) is 6.29 Å². The molecule has 0 radical (unpaired) electrons. The number of hydrogen-bond acceptors (Lipinski definition) is 37. The molecule has 8 heterocycles. The van der Waals surface area contributed by atoms with Crippen LogP contribution >= 0.6 is 0 Å². The van der Waals surface area contributed by atoms with E-state index in [1.54, 1.807) is 0 Å². The highest BCUT2D eigenvalue weighted by Gasteiger charge is 2.71. The molecule has 20 N–H and O–H groups in total. The molecule has 4 saturated carbocycles. The topological polar surface area (TPSA) is 569 Å². The summed E-state index contributed by atoms with van der Waals surface area (Å²) in [6.07, 6.45) is -52.2. The molecule has 44 atom stereocenters. The van der Waals surface area contributed by atoms with Gasteiger partial charge in [-0.25, -0.2) is 0 Å². The molecule has 37 nitrogen and oxygen atoms in total. The molecule has 8 saturated heterocycles. The molecule has 0 amide bonds. The zero-order valence-corrected chi connectivity index (χ0v) is 63.9. The van der Waals surface area contributed by atoms with E-state index in [9.17, 15) is 102 Å². The van der Waals surface area contributed by atoms with Crippen LogP contribution in [0.1, 0.15) is 127 Å². The first-order valence-corrected chi connectivity index (χ1v) is 39.2. The van der Waals surface area contributed by atoms with E-state index < -0.39 is 295 Å². The molecule has 0 aromatic heterocycles. The van der Waals surface area contributed by atoms with Crippen LogP contribution in [0.15, 0.2) is 11.6 Å². The van der Waals surface area contributed by atoms with Crippen molar-refractivity contribution < 1.29 is 183 Å². The molecule has 0 bridgehead atoms. The first-order chi connectivity index (χ1) is 52.1. The number of aliphatic hydroxyl groups excluding tert-OH is 20. The highest BCUT2D eigenvalue weighted by molar-refractivity contribution is 5.79. The van der Waals surface area contributed by atoms with Gasteiger partial charge in [-0.05, 0) is 123 Å². The second-order valence-electron chi connectivity index (χ2n) is 35.8. The normalized spacial score (nSPS) is 54.8. The number of hydrogen-bond donors (Lipinski definition) is 20. The molecule has 13 rings (SSSR count). The Morgan fingerprint density at radius 2 is 0.874 bits per heavy atom. The maximum atomic E-state index is 16.0. The fourth-order valence-corrected chi connectivity index (χ4v) is 21.0. The summed E-state index contributed by atoms with van der Waals surface area (Å²) in [5.41, 5.74) is -2.12. The Labute approximate surface area is 641 Å². The second-order valence-corrected chi connectivity index (χ2v) is 35.8. The van der Waals surface area contributed by atoms with Crippen molar-refractivity contribution in [3.05, 3.63) is 11.6 Å². The summed E-state index contributed by atoms with van der Waals surface area (Å²) >= 11 is 0. The largest absolute Gasteiger partial charge is 0.432 e. The molecule has 111 heavy (non-hydrogen) atoms. The van der Waals surface area contributed by atoms with Gasteiger partial charge >= 0.3 is 5.97 Å². The van der Waals surface area contributed by atoms with E-state index in [-0.39, 0.29) is 28.1 Å². The molecular weight excluding hydrogens is 1480 g/mol. The monoisotopic (exact) mass is 1600 g/mol. The van der Waals surface area contributed by atoms with Gasteiger partial charge < -0.3 is 178 Å². The van der Waals surface area contributed by atoms with Crippen LogP contribution in [0.25, 0.3) is 0 Å². The van der Waals surface area contributed by atoms with Crippen LogP contribution in [0.3, 0.4) is 0 Å². The van der Waals surface area contributed by atoms with Crippen molar-refractivity contribution >= 4 is 5.97 Å². The molecule has 0 aromatic rings. The van der Waals surface area contributed by atoms with Gasteiger partial charge in [-0.15, -0.1) is 0 Å². The van der Waals surface area contributed by atoms with Crippen LogP contribution in [0.5, 0.6) is 0 Å². The molecule has 638 valence electrons. The fraction of sp³-hybridized carbons (Fsp3) is 0.959. The predicted molar refractivity (Wildman–Crippen MR) is 366 cm³/mol. The maximum Gasteiger partial charge on any atom is 0.315 e. The summed E-state index contributed by atoms with van der Waals surface area (Å²) < 4.78 is 95.4. The van der Waals surface area contributed by atoms with E-state index in [4.69, 9.17) is 75.8 Å². The van der Waals surface area contributed by atoms with Crippen LogP contribution in [0, 0.1) is 50.2 Å². The van der Waals surface area contributed by atoms with Crippen molar-refractivity contribution in [3.63, 3.8) is 0 Å². The number of esters is 1. The number of carbonyl (C=O) groups excluding carboxylic acids is 1. The average Bonchev–Trinajstić information content (AvgIpc) is 0.674. The van der Waals surface area contributed by atoms with E-state index >= 15 is 4.79 Å². The number of aliphatic hydroxyl groups is 20. The lowest BCUT2D eigenvalue weighted by molar-refractivity contribution is -0.381. The molecular formula is C74H120O37. The van der Waals surface area contributed by atoms with Gasteiger partial charge in [0, 0.05) is 0 Å². The summed E-state index contributed by atoms with van der Waals surface area (Å²) in [4.78, 5) is 16.0. The van der Waals surface area contributed by atoms with Crippen molar-refractivity contribution in [1.82, 2.24) is 0 Å². The Kier molecular flexibility index (Phi) is 25.8. The Morgan fingerprint density at radius 1 is 0.405 bits per heavy atom. The minimum absolute atomic E-state index is 0.0310. The first kappa shape index (κ1) is 86.7. The lowest BCUT2D eigenvalue weighted by Gasteiger charge is -2.71. The van der Waals surface area contributed by atoms with Crippen molar-refractivity contribution in [2.75, 3.05) is 39.6 Å². The zero-order valence-electron chi connectivity index (χ0n) is 63.9. The van der Waals surface area contributed by atoms with Gasteiger partial charge in [-0.3, -0.25) is 4.79 Å². The smallest absolute Gasteiger partial charge is 0.315 e. The summed E-state index contributed by atoms with van der Waals surface area (Å²) in [7, 11) is 0. The molecule has 13 aliphatic rings. The van der Waals surface area contributed by atoms with Gasteiger partial charge in [0.1, 0.15) is 153 Å². The highest BCUT2D eigenvalue weighted by atomic mass is 16.8. The van der Waals surface area contributed by atoms with Gasteiger partial charge in [-0.2, -0.15) is 0 Å². The lowest BCUT2D eigenvalue weighted by Crippen LogP contribution is -2.67. The average molecular weight is 1600 g/mol. The highest BCUT2D eigenvalue weighted by Crippen LogP contribution is 2.76. The van der Waals surface area contributed by atoms with Crippen LogP contribution < -0.4 is 0 Å². The minimum atomic E-state index is -2.07. The van der Waals surface area contributed by atoms with E-state index in [2.05, 4.69) is 54.5 Å². The summed E-state index contributed by atoms with van der Waals surface area (Å²) in [5.74, 6) is -0.989. The third-order valence-electron chi connectivity index (χ3n) is 28.2.